The van der Waals surface area contributed by atoms with Crippen molar-refractivity contribution in [2.24, 2.45) is 5.73 Å². The second-order valence-corrected chi connectivity index (χ2v) is 8.40. The summed E-state index contributed by atoms with van der Waals surface area (Å²) < 4.78 is 7.43. The summed E-state index contributed by atoms with van der Waals surface area (Å²) in [5.74, 6) is -0.553. The maximum absolute atomic E-state index is 13.5. The lowest BCUT2D eigenvalue weighted by molar-refractivity contribution is 0.0371. The quantitative estimate of drug-likeness (QED) is 0.527. The van der Waals surface area contributed by atoms with Crippen LogP contribution in [0.2, 0.25) is 5.02 Å². The number of nitrogens with two attached hydrogens (primary N) is 1. The lowest BCUT2D eigenvalue weighted by Crippen LogP contribution is -2.39. The number of carbonyl (C=O) groups is 2. The van der Waals surface area contributed by atoms with Gasteiger partial charge < -0.3 is 15.0 Å². The van der Waals surface area contributed by atoms with Crippen molar-refractivity contribution in [3.05, 3.63) is 63.9 Å². The number of pyridine rings is 1. The number of aromatic nitrogens is 2. The zero-order chi connectivity index (χ0) is 22.7. The van der Waals surface area contributed by atoms with Gasteiger partial charge in [0.05, 0.1) is 26.3 Å². The third kappa shape index (κ3) is 4.55. The molecule has 0 unspecified atom stereocenters. The number of ketones is 1. The minimum Gasteiger partial charge on any atom is -0.379 e. The summed E-state index contributed by atoms with van der Waals surface area (Å²) in [6, 6.07) is 11.0. The smallest absolute Gasteiger partial charge is 0.267 e. The number of amides is 1. The Labute approximate surface area is 192 Å². The second-order valence-electron chi connectivity index (χ2n) is 7.99. The highest BCUT2D eigenvalue weighted by Gasteiger charge is 2.26. The molecule has 4 rings (SSSR count). The molecule has 3 heterocycles. The average molecular weight is 455 g/mol. The van der Waals surface area contributed by atoms with Crippen LogP contribution < -0.4 is 5.73 Å². The molecule has 168 valence electrons. The molecule has 0 bridgehead atoms. The molecule has 1 fully saturated rings. The van der Waals surface area contributed by atoms with E-state index in [-0.39, 0.29) is 11.5 Å². The van der Waals surface area contributed by atoms with Crippen molar-refractivity contribution in [2.45, 2.75) is 26.3 Å². The van der Waals surface area contributed by atoms with Crippen LogP contribution in [0.25, 0.3) is 11.0 Å². The zero-order valence-corrected chi connectivity index (χ0v) is 18.9. The molecule has 32 heavy (non-hydrogen) atoms. The fraction of sp³-hybridized carbons (Fsp3) is 0.375. The van der Waals surface area contributed by atoms with Gasteiger partial charge in [-0.15, -0.1) is 0 Å². The third-order valence-electron chi connectivity index (χ3n) is 5.79. The number of Topliss-reactive ketones (excluding diaryl/α,β-unsaturated/α-hetero) is 1. The predicted molar refractivity (Wildman–Crippen MR) is 124 cm³/mol. The van der Waals surface area contributed by atoms with E-state index in [9.17, 15) is 9.59 Å². The van der Waals surface area contributed by atoms with Crippen molar-refractivity contribution in [1.29, 1.82) is 0 Å². The fourth-order valence-corrected chi connectivity index (χ4v) is 4.42. The van der Waals surface area contributed by atoms with Gasteiger partial charge in [-0.3, -0.25) is 14.5 Å². The normalized spacial score (nSPS) is 14.7. The Kier molecular flexibility index (Phi) is 6.89. The summed E-state index contributed by atoms with van der Waals surface area (Å²) in [7, 11) is 0. The van der Waals surface area contributed by atoms with E-state index in [1.807, 2.05) is 28.8 Å². The highest BCUT2D eigenvalue weighted by molar-refractivity contribution is 6.31. The van der Waals surface area contributed by atoms with E-state index in [1.165, 1.54) is 0 Å². The molecule has 0 aliphatic carbocycles. The molecule has 1 aliphatic heterocycles. The first kappa shape index (κ1) is 22.5. The highest BCUT2D eigenvalue weighted by atomic mass is 35.5. The fourth-order valence-electron chi connectivity index (χ4n) is 4.22. The number of carbonyl (C=O) groups excluding carboxylic acids is 2. The van der Waals surface area contributed by atoms with Crippen LogP contribution in [-0.4, -0.2) is 59.0 Å². The summed E-state index contributed by atoms with van der Waals surface area (Å²) in [6.07, 6.45) is 1.57. The topological polar surface area (TPSA) is 90.4 Å². The summed E-state index contributed by atoms with van der Waals surface area (Å²) in [6.45, 7) is 5.58. The molecule has 1 aliphatic rings. The highest BCUT2D eigenvalue weighted by Crippen LogP contribution is 2.30. The Bertz CT molecular complexity index is 1150. The summed E-state index contributed by atoms with van der Waals surface area (Å²) >= 11 is 6.44. The van der Waals surface area contributed by atoms with Gasteiger partial charge in [0, 0.05) is 34.8 Å². The van der Waals surface area contributed by atoms with Crippen molar-refractivity contribution >= 4 is 34.3 Å². The van der Waals surface area contributed by atoms with Crippen molar-refractivity contribution < 1.29 is 14.3 Å². The number of ether oxygens (including phenoxy) is 1. The third-order valence-corrected chi connectivity index (χ3v) is 6.16. The summed E-state index contributed by atoms with van der Waals surface area (Å²) in [4.78, 5) is 32.0. The molecule has 7 nitrogen and oxygen atoms in total. The summed E-state index contributed by atoms with van der Waals surface area (Å²) in [5.41, 5.74) is 8.75. The van der Waals surface area contributed by atoms with Crippen molar-refractivity contribution in [2.75, 3.05) is 32.8 Å². The SMILES string of the molecule is CCCc1c(C(=O)CN2CCOCC2)c2ccc(C(N)=O)nc2n1Cc1ccccc1Cl. The van der Waals surface area contributed by atoms with E-state index in [1.54, 1.807) is 12.1 Å². The molecule has 3 aromatic rings. The molecule has 1 amide bonds. The van der Waals surface area contributed by atoms with Crippen LogP contribution in [0.1, 0.15) is 45.4 Å². The van der Waals surface area contributed by atoms with Crippen molar-refractivity contribution in [1.82, 2.24) is 14.5 Å². The number of nitrogens with zero attached hydrogens (tertiary/aromatic N) is 3. The van der Waals surface area contributed by atoms with E-state index in [0.717, 1.165) is 36.2 Å². The molecule has 2 N–H and O–H groups in total. The number of rotatable bonds is 8. The van der Waals surface area contributed by atoms with Gasteiger partial charge in [0.1, 0.15) is 11.3 Å². The lowest BCUT2D eigenvalue weighted by atomic mass is 10.0. The maximum Gasteiger partial charge on any atom is 0.267 e. The number of hydrogen-bond acceptors (Lipinski definition) is 5. The van der Waals surface area contributed by atoms with Gasteiger partial charge in [-0.05, 0) is 30.2 Å². The van der Waals surface area contributed by atoms with Gasteiger partial charge in [0.25, 0.3) is 5.91 Å². The number of hydrogen-bond donors (Lipinski definition) is 1. The van der Waals surface area contributed by atoms with E-state index in [0.29, 0.717) is 49.0 Å². The van der Waals surface area contributed by atoms with Crippen LogP contribution in [0.5, 0.6) is 0 Å². The minimum atomic E-state index is -0.601. The molecule has 1 aromatic carbocycles. The molecular formula is C24H27ClN4O3. The number of primary amides is 1. The Hall–Kier alpha value is -2.74. The van der Waals surface area contributed by atoms with Gasteiger partial charge in [0.15, 0.2) is 5.78 Å². The predicted octanol–water partition coefficient (Wildman–Crippen LogP) is 3.30. The Morgan fingerprint density at radius 1 is 1.16 bits per heavy atom. The number of fused-ring (bicyclic) bond motifs is 1. The zero-order valence-electron chi connectivity index (χ0n) is 18.1. The Morgan fingerprint density at radius 2 is 1.91 bits per heavy atom. The number of benzene rings is 1. The van der Waals surface area contributed by atoms with Crippen molar-refractivity contribution in [3.8, 4) is 0 Å². The van der Waals surface area contributed by atoms with Crippen LogP contribution >= 0.6 is 11.6 Å². The largest absolute Gasteiger partial charge is 0.379 e. The van der Waals surface area contributed by atoms with Gasteiger partial charge in [0.2, 0.25) is 0 Å². The molecular weight excluding hydrogens is 428 g/mol. The molecule has 0 spiro atoms. The van der Waals surface area contributed by atoms with E-state index in [4.69, 9.17) is 22.1 Å². The average Bonchev–Trinajstić information content (AvgIpc) is 3.08. The van der Waals surface area contributed by atoms with Gasteiger partial charge >= 0.3 is 0 Å². The molecule has 0 atom stereocenters. The Balaban J connectivity index is 1.86. The van der Waals surface area contributed by atoms with Crippen LogP contribution in [-0.2, 0) is 17.7 Å². The Morgan fingerprint density at radius 3 is 2.59 bits per heavy atom. The van der Waals surface area contributed by atoms with Crippen LogP contribution in [0.15, 0.2) is 36.4 Å². The standard InChI is InChI=1S/C24H27ClN4O3/c1-2-5-20-22(21(30)15-28-10-12-32-13-11-28)17-8-9-19(23(26)31)27-24(17)29(20)14-16-6-3-4-7-18(16)25/h3-4,6-9H,2,5,10-15H2,1H3,(H2,26,31). The molecule has 1 saturated heterocycles. The second kappa shape index (κ2) is 9.81. The van der Waals surface area contributed by atoms with Crippen molar-refractivity contribution in [3.63, 3.8) is 0 Å². The first-order valence-electron chi connectivity index (χ1n) is 10.9. The van der Waals surface area contributed by atoms with E-state index < -0.39 is 5.91 Å². The molecule has 0 radical (unpaired) electrons. The van der Waals surface area contributed by atoms with Crippen LogP contribution in [0.3, 0.4) is 0 Å². The van der Waals surface area contributed by atoms with Gasteiger partial charge in [-0.2, -0.15) is 0 Å². The van der Waals surface area contributed by atoms with Crippen LogP contribution in [0, 0.1) is 0 Å². The van der Waals surface area contributed by atoms with Crippen LogP contribution in [0.4, 0.5) is 0 Å². The van der Waals surface area contributed by atoms with E-state index >= 15 is 0 Å². The van der Waals surface area contributed by atoms with Gasteiger partial charge in [-0.1, -0.05) is 43.1 Å². The van der Waals surface area contributed by atoms with E-state index in [2.05, 4.69) is 16.8 Å². The molecule has 8 heteroatoms. The number of morpholine rings is 1. The molecule has 0 saturated carbocycles. The summed E-state index contributed by atoms with van der Waals surface area (Å²) in [5, 5.41) is 1.38. The first-order valence-corrected chi connectivity index (χ1v) is 11.3. The number of halogens is 1. The van der Waals surface area contributed by atoms with Gasteiger partial charge in [-0.25, -0.2) is 4.98 Å². The molecule has 2 aromatic heterocycles. The first-order chi connectivity index (χ1) is 15.5. The lowest BCUT2D eigenvalue weighted by Gasteiger charge is -2.25. The minimum absolute atomic E-state index is 0.0480. The monoisotopic (exact) mass is 454 g/mol. The maximum atomic E-state index is 13.5.